The molecule has 0 saturated carbocycles. The van der Waals surface area contributed by atoms with Gasteiger partial charge < -0.3 is 4.74 Å². The number of methoxy groups -OCH3 is 1. The number of rotatable bonds is 3. The molecular weight excluding hydrogens is 276 g/mol. The Kier molecular flexibility index (Phi) is 3.14. The van der Waals surface area contributed by atoms with Crippen LogP contribution in [-0.2, 0) is 7.05 Å². The number of fused-ring (bicyclic) bond motifs is 1. The van der Waals surface area contributed by atoms with Crippen LogP contribution in [0.1, 0.15) is 18.1 Å². The van der Waals surface area contributed by atoms with Gasteiger partial charge in [0.05, 0.1) is 23.5 Å². The molecule has 3 aromatic rings. The summed E-state index contributed by atoms with van der Waals surface area (Å²) in [6, 6.07) is 7.69. The minimum absolute atomic E-state index is 0.213. The molecule has 6 heteroatoms. The second-order valence-corrected chi connectivity index (χ2v) is 5.28. The molecule has 2 heterocycles. The third kappa shape index (κ3) is 2.04. The Morgan fingerprint density at radius 1 is 1.30 bits per heavy atom. The number of nitrogens with zero attached hydrogens (tertiary/aromatic N) is 4. The van der Waals surface area contributed by atoms with Gasteiger partial charge in [-0.25, -0.2) is 4.98 Å². The van der Waals surface area contributed by atoms with Gasteiger partial charge in [-0.1, -0.05) is 0 Å². The topological polar surface area (TPSA) is 44.9 Å². The van der Waals surface area contributed by atoms with Crippen LogP contribution < -0.4 is 4.74 Å². The van der Waals surface area contributed by atoms with Crippen LogP contribution in [0.15, 0.2) is 30.5 Å². The molecule has 2 aromatic heterocycles. The number of imidazole rings is 1. The third-order valence-electron chi connectivity index (χ3n) is 3.17. The van der Waals surface area contributed by atoms with Crippen LogP contribution in [0.3, 0.4) is 0 Å². The van der Waals surface area contributed by atoms with Crippen LogP contribution in [0.2, 0.25) is 0 Å². The normalized spacial score (nSPS) is 12.8. The smallest absolute Gasteiger partial charge is 0.160 e. The summed E-state index contributed by atoms with van der Waals surface area (Å²) in [4.78, 5) is 4.60. The van der Waals surface area contributed by atoms with Crippen molar-refractivity contribution in [2.75, 3.05) is 7.11 Å². The van der Waals surface area contributed by atoms with Crippen molar-refractivity contribution in [2.45, 2.75) is 12.3 Å². The van der Waals surface area contributed by atoms with Crippen molar-refractivity contribution < 1.29 is 4.74 Å². The zero-order valence-corrected chi connectivity index (χ0v) is 12.3. The molecule has 0 N–H and O–H groups in total. The minimum Gasteiger partial charge on any atom is -0.497 e. The van der Waals surface area contributed by atoms with Crippen molar-refractivity contribution in [3.8, 4) is 11.6 Å². The van der Waals surface area contributed by atoms with Gasteiger partial charge in [0, 0.05) is 25.4 Å². The quantitative estimate of drug-likeness (QED) is 0.696. The molecule has 0 radical (unpaired) electrons. The predicted octanol–water partition coefficient (Wildman–Crippen LogP) is 3.07. The van der Waals surface area contributed by atoms with Crippen molar-refractivity contribution in [2.24, 2.45) is 7.05 Å². The third-order valence-corrected chi connectivity index (χ3v) is 3.37. The summed E-state index contributed by atoms with van der Waals surface area (Å²) in [6.45, 7) is 1.90. The highest BCUT2D eigenvalue weighted by Gasteiger charge is 2.18. The van der Waals surface area contributed by atoms with Crippen molar-refractivity contribution in [3.05, 3.63) is 36.3 Å². The van der Waals surface area contributed by atoms with Gasteiger partial charge in [0.25, 0.3) is 0 Å². The standard InChI is InChI=1S/C14H15ClN4O/c1-9(15)14-16-11-5-4-10(20-3)8-12(11)19(14)13-6-7-18(2)17-13/h4-9H,1-3H3. The lowest BCUT2D eigenvalue weighted by Gasteiger charge is -2.07. The Morgan fingerprint density at radius 3 is 2.70 bits per heavy atom. The van der Waals surface area contributed by atoms with Crippen molar-refractivity contribution in [1.82, 2.24) is 19.3 Å². The Hall–Kier alpha value is -2.01. The highest BCUT2D eigenvalue weighted by atomic mass is 35.5. The van der Waals surface area contributed by atoms with E-state index in [2.05, 4.69) is 10.1 Å². The summed E-state index contributed by atoms with van der Waals surface area (Å²) < 4.78 is 9.01. The molecule has 20 heavy (non-hydrogen) atoms. The van der Waals surface area contributed by atoms with Gasteiger partial charge in [-0.05, 0) is 19.1 Å². The maximum atomic E-state index is 6.26. The first kappa shape index (κ1) is 13.0. The summed E-state index contributed by atoms with van der Waals surface area (Å²) in [7, 11) is 3.53. The Bertz CT molecular complexity index is 760. The molecule has 1 aromatic carbocycles. The van der Waals surface area contributed by atoms with E-state index in [1.54, 1.807) is 11.8 Å². The molecule has 0 aliphatic rings. The first-order chi connectivity index (χ1) is 9.60. The summed E-state index contributed by atoms with van der Waals surface area (Å²) in [5.74, 6) is 2.35. The maximum Gasteiger partial charge on any atom is 0.160 e. The van der Waals surface area contributed by atoms with Crippen LogP contribution in [0.25, 0.3) is 16.9 Å². The monoisotopic (exact) mass is 290 g/mol. The summed E-state index contributed by atoms with van der Waals surface area (Å²) >= 11 is 6.26. The van der Waals surface area contributed by atoms with E-state index in [1.807, 2.05) is 49.0 Å². The lowest BCUT2D eigenvalue weighted by Crippen LogP contribution is -2.03. The molecule has 5 nitrogen and oxygen atoms in total. The van der Waals surface area contributed by atoms with Gasteiger partial charge in [-0.15, -0.1) is 11.6 Å². The molecular formula is C14H15ClN4O. The highest BCUT2D eigenvalue weighted by molar-refractivity contribution is 6.20. The Labute approximate surface area is 121 Å². The fraction of sp³-hybridized carbons (Fsp3) is 0.286. The van der Waals surface area contributed by atoms with Gasteiger partial charge in [-0.2, -0.15) is 5.10 Å². The number of benzene rings is 1. The van der Waals surface area contributed by atoms with Crippen LogP contribution in [0.4, 0.5) is 0 Å². The molecule has 0 bridgehead atoms. The maximum absolute atomic E-state index is 6.26. The van der Waals surface area contributed by atoms with Crippen LogP contribution >= 0.6 is 11.6 Å². The second kappa shape index (κ2) is 4.83. The van der Waals surface area contributed by atoms with E-state index in [4.69, 9.17) is 16.3 Å². The van der Waals surface area contributed by atoms with Crippen molar-refractivity contribution in [3.63, 3.8) is 0 Å². The van der Waals surface area contributed by atoms with Crippen molar-refractivity contribution in [1.29, 1.82) is 0 Å². The van der Waals surface area contributed by atoms with Crippen LogP contribution in [0.5, 0.6) is 5.75 Å². The van der Waals surface area contributed by atoms with E-state index >= 15 is 0 Å². The van der Waals surface area contributed by atoms with Crippen LogP contribution in [0, 0.1) is 0 Å². The fourth-order valence-electron chi connectivity index (χ4n) is 2.23. The lowest BCUT2D eigenvalue weighted by molar-refractivity contribution is 0.415. The van der Waals surface area contributed by atoms with Gasteiger partial charge >= 0.3 is 0 Å². The number of hydrogen-bond acceptors (Lipinski definition) is 3. The van der Waals surface area contributed by atoms with E-state index < -0.39 is 0 Å². The summed E-state index contributed by atoms with van der Waals surface area (Å²) in [5, 5.41) is 4.23. The second-order valence-electron chi connectivity index (χ2n) is 4.62. The summed E-state index contributed by atoms with van der Waals surface area (Å²) in [6.07, 6.45) is 1.89. The average molecular weight is 291 g/mol. The number of halogens is 1. The SMILES string of the molecule is COc1ccc2nc(C(C)Cl)n(-c3ccn(C)n3)c2c1. The number of aryl methyl sites for hydroxylation is 1. The number of alkyl halides is 1. The van der Waals surface area contributed by atoms with Gasteiger partial charge in [-0.3, -0.25) is 9.25 Å². The van der Waals surface area contributed by atoms with Crippen LogP contribution in [-0.4, -0.2) is 26.4 Å². The highest BCUT2D eigenvalue weighted by Crippen LogP contribution is 2.29. The number of hydrogen-bond donors (Lipinski definition) is 0. The first-order valence-electron chi connectivity index (χ1n) is 6.30. The zero-order chi connectivity index (χ0) is 14.3. The molecule has 0 saturated heterocycles. The Morgan fingerprint density at radius 2 is 2.10 bits per heavy atom. The number of ether oxygens (including phenoxy) is 1. The molecule has 0 spiro atoms. The summed E-state index contributed by atoms with van der Waals surface area (Å²) in [5.41, 5.74) is 1.81. The first-order valence-corrected chi connectivity index (χ1v) is 6.74. The van der Waals surface area contributed by atoms with E-state index in [9.17, 15) is 0 Å². The average Bonchev–Trinajstić information content (AvgIpc) is 3.00. The molecule has 0 aliphatic heterocycles. The van der Waals surface area contributed by atoms with Gasteiger partial charge in [0.15, 0.2) is 5.82 Å². The van der Waals surface area contributed by atoms with E-state index in [1.165, 1.54) is 0 Å². The van der Waals surface area contributed by atoms with Gasteiger partial charge in [0.1, 0.15) is 11.6 Å². The molecule has 1 unspecified atom stereocenters. The predicted molar refractivity (Wildman–Crippen MR) is 78.7 cm³/mol. The number of aromatic nitrogens is 4. The van der Waals surface area contributed by atoms with E-state index in [-0.39, 0.29) is 5.38 Å². The minimum atomic E-state index is -0.213. The molecule has 3 rings (SSSR count). The molecule has 0 amide bonds. The molecule has 104 valence electrons. The molecule has 0 aliphatic carbocycles. The van der Waals surface area contributed by atoms with Crippen molar-refractivity contribution >= 4 is 22.6 Å². The van der Waals surface area contributed by atoms with E-state index in [0.29, 0.717) is 0 Å². The molecule has 0 fully saturated rings. The lowest BCUT2D eigenvalue weighted by atomic mass is 10.3. The fourth-order valence-corrected chi connectivity index (χ4v) is 2.38. The molecule has 1 atom stereocenters. The largest absolute Gasteiger partial charge is 0.497 e. The van der Waals surface area contributed by atoms with E-state index in [0.717, 1.165) is 28.4 Å². The zero-order valence-electron chi connectivity index (χ0n) is 11.5. The Balaban J connectivity index is 2.32. The van der Waals surface area contributed by atoms with Gasteiger partial charge in [0.2, 0.25) is 0 Å².